The molecular formula is C33H70O2Si. The molecule has 3 heteroatoms. The van der Waals surface area contributed by atoms with E-state index < -0.39 is 8.56 Å². The van der Waals surface area contributed by atoms with E-state index in [4.69, 9.17) is 8.85 Å². The van der Waals surface area contributed by atoms with E-state index in [9.17, 15) is 0 Å². The van der Waals surface area contributed by atoms with E-state index in [0.717, 1.165) is 13.2 Å². The maximum absolute atomic E-state index is 6.39. The van der Waals surface area contributed by atoms with E-state index in [1.807, 2.05) is 0 Å². The molecule has 0 saturated carbocycles. The summed E-state index contributed by atoms with van der Waals surface area (Å²) < 4.78 is 12.8. The van der Waals surface area contributed by atoms with Gasteiger partial charge in [0.2, 0.25) is 0 Å². The average Bonchev–Trinajstić information content (AvgIpc) is 2.88. The van der Waals surface area contributed by atoms with E-state index in [-0.39, 0.29) is 0 Å². The van der Waals surface area contributed by atoms with Crippen LogP contribution in [-0.2, 0) is 8.85 Å². The first-order valence-corrected chi connectivity index (χ1v) is 19.3. The zero-order valence-electron chi connectivity index (χ0n) is 25.8. The second-order valence-electron chi connectivity index (χ2n) is 11.4. The van der Waals surface area contributed by atoms with Crippen molar-refractivity contribution in [2.24, 2.45) is 0 Å². The summed E-state index contributed by atoms with van der Waals surface area (Å²) >= 11 is 0. The summed E-state index contributed by atoms with van der Waals surface area (Å²) in [4.78, 5) is 0. The van der Waals surface area contributed by atoms with Crippen molar-refractivity contribution in [3.63, 3.8) is 0 Å². The van der Waals surface area contributed by atoms with Crippen LogP contribution < -0.4 is 0 Å². The fourth-order valence-corrected chi connectivity index (χ4v) is 9.17. The minimum absolute atomic E-state index is 0.822. The smallest absolute Gasteiger partial charge is 0.338 e. The predicted molar refractivity (Wildman–Crippen MR) is 165 cm³/mol. The lowest BCUT2D eigenvalue weighted by atomic mass is 10.0. The molecule has 0 spiro atoms. The van der Waals surface area contributed by atoms with Crippen LogP contribution in [0.3, 0.4) is 0 Å². The maximum atomic E-state index is 6.39. The highest BCUT2D eigenvalue weighted by Crippen LogP contribution is 2.26. The second-order valence-corrected chi connectivity index (χ2v) is 14.8. The molecule has 0 aromatic rings. The van der Waals surface area contributed by atoms with Crippen molar-refractivity contribution in [3.05, 3.63) is 0 Å². The Kier molecular flexibility index (Phi) is 29.8. The zero-order valence-corrected chi connectivity index (χ0v) is 26.8. The summed E-state index contributed by atoms with van der Waals surface area (Å²) in [7, 11) is -1.99. The molecule has 0 saturated heterocycles. The Balaban J connectivity index is 3.79. The third kappa shape index (κ3) is 24.5. The molecule has 2 nitrogen and oxygen atoms in total. The molecule has 0 rings (SSSR count). The Morgan fingerprint density at radius 1 is 0.306 bits per heavy atom. The van der Waals surface area contributed by atoms with Gasteiger partial charge in [-0.25, -0.2) is 0 Å². The fourth-order valence-electron chi connectivity index (χ4n) is 5.63. The van der Waals surface area contributed by atoms with Gasteiger partial charge < -0.3 is 8.85 Å². The third-order valence-corrected chi connectivity index (χ3v) is 11.7. The predicted octanol–water partition coefficient (Wildman–Crippen LogP) is 12.3. The van der Waals surface area contributed by atoms with E-state index in [1.165, 1.54) is 173 Å². The minimum Gasteiger partial charge on any atom is -0.394 e. The van der Waals surface area contributed by atoms with E-state index in [2.05, 4.69) is 27.7 Å². The highest BCUT2D eigenvalue weighted by atomic mass is 28.4. The number of rotatable bonds is 31. The Bertz CT molecular complexity index is 395. The van der Waals surface area contributed by atoms with Gasteiger partial charge in [-0.15, -0.1) is 0 Å². The lowest BCUT2D eigenvalue weighted by molar-refractivity contribution is 0.180. The van der Waals surface area contributed by atoms with Crippen LogP contribution in [0.15, 0.2) is 0 Å². The SMILES string of the molecule is CCCCCCCCCCCCCCCCC[Si](CCCCCCCCCCCC)(OCC)OCC. The Hall–Kier alpha value is 0.137. The zero-order chi connectivity index (χ0) is 26.4. The summed E-state index contributed by atoms with van der Waals surface area (Å²) in [5.74, 6) is 0. The molecule has 0 amide bonds. The molecule has 36 heavy (non-hydrogen) atoms. The molecule has 0 aromatic carbocycles. The second kappa shape index (κ2) is 29.7. The van der Waals surface area contributed by atoms with Gasteiger partial charge in [-0.2, -0.15) is 0 Å². The minimum atomic E-state index is -1.99. The topological polar surface area (TPSA) is 18.5 Å². The molecular weight excluding hydrogens is 456 g/mol. The molecule has 0 aromatic heterocycles. The van der Waals surface area contributed by atoms with Crippen molar-refractivity contribution in [1.29, 1.82) is 0 Å². The first-order chi connectivity index (χ1) is 17.7. The van der Waals surface area contributed by atoms with E-state index >= 15 is 0 Å². The number of unbranched alkanes of at least 4 members (excludes halogenated alkanes) is 23. The Labute approximate surface area is 230 Å². The monoisotopic (exact) mass is 527 g/mol. The summed E-state index contributed by atoms with van der Waals surface area (Å²) in [5.41, 5.74) is 0. The first-order valence-electron chi connectivity index (χ1n) is 17.0. The van der Waals surface area contributed by atoms with Gasteiger partial charge in [0, 0.05) is 13.2 Å². The summed E-state index contributed by atoms with van der Waals surface area (Å²) in [6.45, 7) is 10.6. The van der Waals surface area contributed by atoms with Crippen molar-refractivity contribution in [3.8, 4) is 0 Å². The molecule has 0 aliphatic rings. The van der Waals surface area contributed by atoms with Crippen LogP contribution in [0.25, 0.3) is 0 Å². The van der Waals surface area contributed by atoms with E-state index in [0.29, 0.717) is 0 Å². The van der Waals surface area contributed by atoms with Gasteiger partial charge in [-0.3, -0.25) is 0 Å². The van der Waals surface area contributed by atoms with E-state index in [1.54, 1.807) is 0 Å². The van der Waals surface area contributed by atoms with Crippen LogP contribution >= 0.6 is 0 Å². The van der Waals surface area contributed by atoms with Gasteiger partial charge in [-0.05, 0) is 25.9 Å². The molecule has 0 aliphatic carbocycles. The van der Waals surface area contributed by atoms with Gasteiger partial charge in [0.05, 0.1) is 0 Å². The molecule has 0 atom stereocenters. The van der Waals surface area contributed by atoms with Crippen LogP contribution in [-0.4, -0.2) is 21.8 Å². The van der Waals surface area contributed by atoms with Crippen molar-refractivity contribution in [2.75, 3.05) is 13.2 Å². The Morgan fingerprint density at radius 2 is 0.528 bits per heavy atom. The van der Waals surface area contributed by atoms with Gasteiger partial charge in [0.15, 0.2) is 0 Å². The molecule has 0 bridgehead atoms. The van der Waals surface area contributed by atoms with Gasteiger partial charge >= 0.3 is 8.56 Å². The quantitative estimate of drug-likeness (QED) is 0.0660. The van der Waals surface area contributed by atoms with Gasteiger partial charge in [-0.1, -0.05) is 174 Å². The van der Waals surface area contributed by atoms with Crippen molar-refractivity contribution in [1.82, 2.24) is 0 Å². The molecule has 0 radical (unpaired) electrons. The lowest BCUT2D eigenvalue weighted by Crippen LogP contribution is -2.42. The van der Waals surface area contributed by atoms with Gasteiger partial charge in [0.1, 0.15) is 0 Å². The van der Waals surface area contributed by atoms with Crippen molar-refractivity contribution < 1.29 is 8.85 Å². The number of hydrogen-bond donors (Lipinski definition) is 0. The third-order valence-electron chi connectivity index (χ3n) is 7.89. The number of hydrogen-bond acceptors (Lipinski definition) is 2. The van der Waals surface area contributed by atoms with Gasteiger partial charge in [0.25, 0.3) is 0 Å². The molecule has 0 unspecified atom stereocenters. The van der Waals surface area contributed by atoms with Crippen molar-refractivity contribution >= 4 is 8.56 Å². The summed E-state index contributed by atoms with van der Waals surface area (Å²) in [6.07, 6.45) is 35.4. The maximum Gasteiger partial charge on any atom is 0.338 e. The molecule has 0 aliphatic heterocycles. The summed E-state index contributed by atoms with van der Waals surface area (Å²) in [5, 5.41) is 0. The molecule has 0 heterocycles. The lowest BCUT2D eigenvalue weighted by Gasteiger charge is -2.30. The van der Waals surface area contributed by atoms with Crippen LogP contribution in [0.2, 0.25) is 12.1 Å². The largest absolute Gasteiger partial charge is 0.394 e. The molecule has 218 valence electrons. The van der Waals surface area contributed by atoms with Crippen LogP contribution in [0.5, 0.6) is 0 Å². The van der Waals surface area contributed by atoms with Crippen molar-refractivity contribution in [2.45, 2.75) is 200 Å². The highest BCUT2D eigenvalue weighted by molar-refractivity contribution is 6.67. The molecule has 0 N–H and O–H groups in total. The fraction of sp³-hybridized carbons (Fsp3) is 1.00. The summed E-state index contributed by atoms with van der Waals surface area (Å²) in [6, 6.07) is 2.42. The molecule has 0 fully saturated rings. The van der Waals surface area contributed by atoms with Crippen LogP contribution in [0.1, 0.15) is 188 Å². The van der Waals surface area contributed by atoms with Crippen LogP contribution in [0.4, 0.5) is 0 Å². The Morgan fingerprint density at radius 3 is 0.750 bits per heavy atom. The highest BCUT2D eigenvalue weighted by Gasteiger charge is 2.35. The normalized spacial score (nSPS) is 12.0. The van der Waals surface area contributed by atoms with Crippen LogP contribution in [0, 0.1) is 0 Å². The average molecular weight is 527 g/mol. The standard InChI is InChI=1S/C33H70O2Si/c1-5-9-11-13-15-17-19-20-21-22-23-25-27-29-31-33-36(34-7-3,35-8-4)32-30-28-26-24-18-16-14-12-10-6-2/h5-33H2,1-4H3. The first kappa shape index (κ1) is 36.1.